The molecule has 0 aromatic heterocycles. The largest absolute Gasteiger partial charge is 0.497 e. The standard InChI is InChI=1S/C27H26N2O5/c1-33-21-10-6-17(7-11-21)14-22(27(32)29-13-12-24-25(29)23(30)16-34-24)28-26(31)20-9-8-18-4-2-3-5-19(18)15-20/h2-11,15,22,24-25H,12-14,16H2,1H3,(H,28,31). The highest BCUT2D eigenvalue weighted by Crippen LogP contribution is 2.28. The summed E-state index contributed by atoms with van der Waals surface area (Å²) in [7, 11) is 1.59. The predicted octanol–water partition coefficient (Wildman–Crippen LogP) is 2.76. The molecule has 34 heavy (non-hydrogen) atoms. The Morgan fingerprint density at radius 2 is 1.85 bits per heavy atom. The lowest BCUT2D eigenvalue weighted by atomic mass is 10.0. The minimum Gasteiger partial charge on any atom is -0.497 e. The van der Waals surface area contributed by atoms with Crippen molar-refractivity contribution in [3.63, 3.8) is 0 Å². The number of fused-ring (bicyclic) bond motifs is 2. The van der Waals surface area contributed by atoms with Gasteiger partial charge >= 0.3 is 0 Å². The van der Waals surface area contributed by atoms with Crippen LogP contribution in [0.3, 0.4) is 0 Å². The molecule has 2 saturated heterocycles. The Balaban J connectivity index is 1.40. The molecule has 5 rings (SSSR count). The summed E-state index contributed by atoms with van der Waals surface area (Å²) in [6.45, 7) is 0.469. The van der Waals surface area contributed by atoms with E-state index in [1.165, 1.54) is 0 Å². The van der Waals surface area contributed by atoms with Crippen LogP contribution in [-0.4, -0.2) is 60.9 Å². The van der Waals surface area contributed by atoms with Crippen LogP contribution in [0.1, 0.15) is 22.3 Å². The van der Waals surface area contributed by atoms with Gasteiger partial charge in [-0.05, 0) is 47.0 Å². The van der Waals surface area contributed by atoms with E-state index in [0.717, 1.165) is 16.3 Å². The maximum Gasteiger partial charge on any atom is 0.251 e. The van der Waals surface area contributed by atoms with Crippen molar-refractivity contribution >= 4 is 28.4 Å². The maximum atomic E-state index is 13.6. The summed E-state index contributed by atoms with van der Waals surface area (Å²) in [5, 5.41) is 4.92. The number of Topliss-reactive ketones (excluding diaryl/α,β-unsaturated/α-hetero) is 1. The average Bonchev–Trinajstić information content (AvgIpc) is 3.46. The molecule has 3 unspecified atom stereocenters. The number of hydrogen-bond acceptors (Lipinski definition) is 5. The van der Waals surface area contributed by atoms with E-state index in [-0.39, 0.29) is 30.3 Å². The van der Waals surface area contributed by atoms with Crippen LogP contribution in [-0.2, 0) is 20.7 Å². The van der Waals surface area contributed by atoms with Crippen LogP contribution < -0.4 is 10.1 Å². The normalized spacial score (nSPS) is 20.3. The summed E-state index contributed by atoms with van der Waals surface area (Å²) in [5.41, 5.74) is 1.36. The molecule has 3 aromatic rings. The molecule has 2 aliphatic heterocycles. The fourth-order valence-corrected chi connectivity index (χ4v) is 4.81. The number of likely N-dealkylation sites (tertiary alicyclic amines) is 1. The highest BCUT2D eigenvalue weighted by molar-refractivity contribution is 6.01. The van der Waals surface area contributed by atoms with Gasteiger partial charge in [0, 0.05) is 18.5 Å². The first-order valence-electron chi connectivity index (χ1n) is 11.4. The van der Waals surface area contributed by atoms with Crippen molar-refractivity contribution in [2.45, 2.75) is 31.0 Å². The van der Waals surface area contributed by atoms with Crippen LogP contribution in [0.5, 0.6) is 5.75 Å². The zero-order valence-corrected chi connectivity index (χ0v) is 18.9. The molecule has 0 aliphatic carbocycles. The Kier molecular flexibility index (Phi) is 6.02. The molecule has 0 spiro atoms. The van der Waals surface area contributed by atoms with E-state index < -0.39 is 12.1 Å². The van der Waals surface area contributed by atoms with Crippen LogP contribution >= 0.6 is 0 Å². The zero-order valence-electron chi connectivity index (χ0n) is 18.9. The van der Waals surface area contributed by atoms with Gasteiger partial charge in [-0.3, -0.25) is 14.4 Å². The number of nitrogens with one attached hydrogen (secondary N) is 1. The number of ether oxygens (including phenoxy) is 2. The smallest absolute Gasteiger partial charge is 0.251 e. The summed E-state index contributed by atoms with van der Waals surface area (Å²) >= 11 is 0. The third-order valence-electron chi connectivity index (χ3n) is 6.61. The minimum atomic E-state index is -0.820. The number of rotatable bonds is 6. The Bertz CT molecular complexity index is 1240. The van der Waals surface area contributed by atoms with E-state index in [4.69, 9.17) is 9.47 Å². The van der Waals surface area contributed by atoms with Gasteiger partial charge in [-0.15, -0.1) is 0 Å². The van der Waals surface area contributed by atoms with Gasteiger partial charge in [0.15, 0.2) is 5.78 Å². The van der Waals surface area contributed by atoms with Gasteiger partial charge in [0.2, 0.25) is 5.91 Å². The predicted molar refractivity (Wildman–Crippen MR) is 127 cm³/mol. The van der Waals surface area contributed by atoms with Gasteiger partial charge in [0.1, 0.15) is 24.4 Å². The Morgan fingerprint density at radius 1 is 1.09 bits per heavy atom. The summed E-state index contributed by atoms with van der Waals surface area (Å²) < 4.78 is 10.8. The first-order valence-corrected chi connectivity index (χ1v) is 11.4. The summed E-state index contributed by atoms with van der Waals surface area (Å²) in [6, 6.07) is 19.3. The Labute approximate surface area is 197 Å². The van der Waals surface area contributed by atoms with Gasteiger partial charge in [0.05, 0.1) is 13.2 Å². The van der Waals surface area contributed by atoms with Crippen molar-refractivity contribution in [1.82, 2.24) is 10.2 Å². The second-order valence-corrected chi connectivity index (χ2v) is 8.72. The fraction of sp³-hybridized carbons (Fsp3) is 0.296. The van der Waals surface area contributed by atoms with E-state index >= 15 is 0 Å². The molecule has 3 atom stereocenters. The summed E-state index contributed by atoms with van der Waals surface area (Å²) in [6.07, 6.45) is 0.662. The molecule has 2 heterocycles. The number of ketones is 1. The number of carbonyl (C=O) groups is 3. The highest BCUT2D eigenvalue weighted by Gasteiger charge is 2.48. The number of nitrogens with zero attached hydrogens (tertiary/aromatic N) is 1. The third-order valence-corrected chi connectivity index (χ3v) is 6.61. The van der Waals surface area contributed by atoms with Crippen LogP contribution in [0.15, 0.2) is 66.7 Å². The molecular weight excluding hydrogens is 432 g/mol. The van der Waals surface area contributed by atoms with Crippen molar-refractivity contribution in [3.05, 3.63) is 77.9 Å². The fourth-order valence-electron chi connectivity index (χ4n) is 4.81. The van der Waals surface area contributed by atoms with Gasteiger partial charge in [-0.25, -0.2) is 0 Å². The van der Waals surface area contributed by atoms with Gasteiger partial charge in [-0.1, -0.05) is 42.5 Å². The molecular formula is C27H26N2O5. The quantitative estimate of drug-likeness (QED) is 0.614. The molecule has 0 radical (unpaired) electrons. The molecule has 7 heteroatoms. The molecule has 1 N–H and O–H groups in total. The van der Waals surface area contributed by atoms with Crippen LogP contribution in [0.25, 0.3) is 10.8 Å². The molecule has 0 saturated carbocycles. The molecule has 2 aliphatic rings. The maximum absolute atomic E-state index is 13.6. The molecule has 7 nitrogen and oxygen atoms in total. The topological polar surface area (TPSA) is 84.9 Å². The van der Waals surface area contributed by atoms with Crippen molar-refractivity contribution < 1.29 is 23.9 Å². The van der Waals surface area contributed by atoms with Crippen LogP contribution in [0.4, 0.5) is 0 Å². The molecule has 2 amide bonds. The third kappa shape index (κ3) is 4.26. The number of benzene rings is 3. The van der Waals surface area contributed by atoms with Gasteiger partial charge < -0.3 is 19.7 Å². The SMILES string of the molecule is COc1ccc(CC(NC(=O)c2ccc3ccccc3c2)C(=O)N2CCC3OCC(=O)C32)cc1. The van der Waals surface area contributed by atoms with Gasteiger partial charge in [0.25, 0.3) is 5.91 Å². The lowest BCUT2D eigenvalue weighted by Gasteiger charge is -2.27. The van der Waals surface area contributed by atoms with Crippen molar-refractivity contribution in [3.8, 4) is 5.75 Å². The highest BCUT2D eigenvalue weighted by atomic mass is 16.5. The molecule has 3 aromatic carbocycles. The number of hydrogen-bond donors (Lipinski definition) is 1. The van der Waals surface area contributed by atoms with E-state index in [1.807, 2.05) is 60.7 Å². The first-order chi connectivity index (χ1) is 16.5. The van der Waals surface area contributed by atoms with Crippen molar-refractivity contribution in [2.24, 2.45) is 0 Å². The summed E-state index contributed by atoms with van der Waals surface area (Å²) in [5.74, 6) is 0.0292. The lowest BCUT2D eigenvalue weighted by Crippen LogP contribution is -2.53. The Hall–Kier alpha value is -3.71. The number of methoxy groups -OCH3 is 1. The first kappa shape index (κ1) is 22.1. The van der Waals surface area contributed by atoms with E-state index in [1.54, 1.807) is 18.1 Å². The minimum absolute atomic E-state index is 0.0334. The lowest BCUT2D eigenvalue weighted by molar-refractivity contribution is -0.138. The van der Waals surface area contributed by atoms with Crippen molar-refractivity contribution in [2.75, 3.05) is 20.3 Å². The number of carbonyl (C=O) groups excluding carboxylic acids is 3. The monoisotopic (exact) mass is 458 g/mol. The second-order valence-electron chi connectivity index (χ2n) is 8.72. The van der Waals surface area contributed by atoms with Gasteiger partial charge in [-0.2, -0.15) is 0 Å². The molecule has 0 bridgehead atoms. The van der Waals surface area contributed by atoms with Crippen LogP contribution in [0, 0.1) is 0 Å². The zero-order chi connectivity index (χ0) is 23.7. The summed E-state index contributed by atoms with van der Waals surface area (Å²) in [4.78, 5) is 40.8. The molecule has 2 fully saturated rings. The van der Waals surface area contributed by atoms with E-state index in [0.29, 0.717) is 30.7 Å². The van der Waals surface area contributed by atoms with E-state index in [9.17, 15) is 14.4 Å². The Morgan fingerprint density at radius 3 is 2.62 bits per heavy atom. The average molecular weight is 459 g/mol. The second kappa shape index (κ2) is 9.27. The number of amides is 2. The molecule has 174 valence electrons. The van der Waals surface area contributed by atoms with Crippen molar-refractivity contribution in [1.29, 1.82) is 0 Å². The van der Waals surface area contributed by atoms with Crippen LogP contribution in [0.2, 0.25) is 0 Å². The van der Waals surface area contributed by atoms with E-state index in [2.05, 4.69) is 5.32 Å².